The van der Waals surface area contributed by atoms with E-state index in [1.54, 1.807) is 0 Å². The van der Waals surface area contributed by atoms with E-state index in [1.165, 1.54) is 16.3 Å². The van der Waals surface area contributed by atoms with Crippen LogP contribution in [-0.2, 0) is 5.41 Å². The summed E-state index contributed by atoms with van der Waals surface area (Å²) in [7, 11) is 0. The van der Waals surface area contributed by atoms with Crippen LogP contribution in [-0.4, -0.2) is 11.7 Å². The molecular formula is C14H14O. The molecule has 0 spiro atoms. The van der Waals surface area contributed by atoms with Gasteiger partial charge in [-0.15, -0.1) is 0 Å². The number of aliphatic hydroxyl groups excluding tert-OH is 1. The van der Waals surface area contributed by atoms with Gasteiger partial charge in [0.15, 0.2) is 0 Å². The number of aliphatic hydroxyl groups is 1. The van der Waals surface area contributed by atoms with E-state index >= 15 is 0 Å². The van der Waals surface area contributed by atoms with Crippen molar-refractivity contribution in [1.82, 2.24) is 0 Å². The largest absolute Gasteiger partial charge is 0.395 e. The molecule has 3 rings (SSSR count). The minimum atomic E-state index is 0.0873. The molecule has 0 atom stereocenters. The van der Waals surface area contributed by atoms with Gasteiger partial charge in [-0.05, 0) is 29.2 Å². The first-order valence-corrected chi connectivity index (χ1v) is 5.44. The Labute approximate surface area is 89.4 Å². The summed E-state index contributed by atoms with van der Waals surface area (Å²) in [6, 6.07) is 14.9. The Morgan fingerprint density at radius 1 is 1.00 bits per heavy atom. The molecule has 0 saturated heterocycles. The molecule has 1 aliphatic rings. The third-order valence-electron chi connectivity index (χ3n) is 3.52. The SMILES string of the molecule is OCC1(c2ccc3ccccc3c2)CC1. The van der Waals surface area contributed by atoms with Crippen molar-refractivity contribution >= 4 is 10.8 Å². The Bertz CT molecular complexity index is 497. The van der Waals surface area contributed by atoms with Crippen molar-refractivity contribution in [1.29, 1.82) is 0 Å². The van der Waals surface area contributed by atoms with Gasteiger partial charge in [-0.2, -0.15) is 0 Å². The highest BCUT2D eigenvalue weighted by Crippen LogP contribution is 2.48. The molecule has 76 valence electrons. The Morgan fingerprint density at radius 3 is 2.40 bits per heavy atom. The molecule has 1 fully saturated rings. The van der Waals surface area contributed by atoms with E-state index in [1.807, 2.05) is 0 Å². The van der Waals surface area contributed by atoms with Crippen LogP contribution >= 0.6 is 0 Å². The van der Waals surface area contributed by atoms with Gasteiger partial charge in [0.1, 0.15) is 0 Å². The average Bonchev–Trinajstić information content (AvgIpc) is 3.09. The molecule has 1 saturated carbocycles. The number of benzene rings is 2. The lowest BCUT2D eigenvalue weighted by atomic mass is 9.94. The molecule has 1 aliphatic carbocycles. The predicted molar refractivity (Wildman–Crippen MR) is 61.9 cm³/mol. The van der Waals surface area contributed by atoms with Crippen LogP contribution in [0.4, 0.5) is 0 Å². The smallest absolute Gasteiger partial charge is 0.0527 e. The first-order valence-electron chi connectivity index (χ1n) is 5.44. The van der Waals surface area contributed by atoms with Gasteiger partial charge in [0.2, 0.25) is 0 Å². The highest BCUT2D eigenvalue weighted by Gasteiger charge is 2.43. The van der Waals surface area contributed by atoms with Crippen LogP contribution in [0.5, 0.6) is 0 Å². The van der Waals surface area contributed by atoms with E-state index in [0.717, 1.165) is 12.8 Å². The fourth-order valence-corrected chi connectivity index (χ4v) is 2.21. The molecule has 1 nitrogen and oxygen atoms in total. The van der Waals surface area contributed by atoms with Gasteiger partial charge < -0.3 is 5.11 Å². The maximum atomic E-state index is 9.38. The summed E-state index contributed by atoms with van der Waals surface area (Å²) in [6.07, 6.45) is 2.25. The summed E-state index contributed by atoms with van der Waals surface area (Å²) in [5.74, 6) is 0. The zero-order chi connectivity index (χ0) is 10.3. The zero-order valence-electron chi connectivity index (χ0n) is 8.61. The Balaban J connectivity index is 2.14. The molecule has 0 aromatic heterocycles. The molecule has 15 heavy (non-hydrogen) atoms. The molecule has 0 heterocycles. The van der Waals surface area contributed by atoms with Crippen LogP contribution in [0.2, 0.25) is 0 Å². The first kappa shape index (κ1) is 8.93. The van der Waals surface area contributed by atoms with E-state index in [4.69, 9.17) is 0 Å². The van der Waals surface area contributed by atoms with E-state index in [0.29, 0.717) is 0 Å². The summed E-state index contributed by atoms with van der Waals surface area (Å²) in [5, 5.41) is 11.9. The van der Waals surface area contributed by atoms with Gasteiger partial charge in [-0.1, -0.05) is 42.5 Å². The Hall–Kier alpha value is -1.34. The van der Waals surface area contributed by atoms with Gasteiger partial charge >= 0.3 is 0 Å². The van der Waals surface area contributed by atoms with Gasteiger partial charge in [-0.3, -0.25) is 0 Å². The fourth-order valence-electron chi connectivity index (χ4n) is 2.21. The summed E-state index contributed by atoms with van der Waals surface area (Å²) < 4.78 is 0. The number of fused-ring (bicyclic) bond motifs is 1. The normalized spacial score (nSPS) is 17.9. The fraction of sp³-hybridized carbons (Fsp3) is 0.286. The van der Waals surface area contributed by atoms with Crippen LogP contribution < -0.4 is 0 Å². The first-order chi connectivity index (χ1) is 7.34. The average molecular weight is 198 g/mol. The van der Waals surface area contributed by atoms with Gasteiger partial charge in [0, 0.05) is 5.41 Å². The van der Waals surface area contributed by atoms with Crippen molar-refractivity contribution in [2.24, 2.45) is 0 Å². The van der Waals surface area contributed by atoms with Crippen molar-refractivity contribution < 1.29 is 5.11 Å². The molecule has 2 aromatic rings. The summed E-state index contributed by atoms with van der Waals surface area (Å²) in [4.78, 5) is 0. The lowest BCUT2D eigenvalue weighted by Gasteiger charge is -2.12. The highest BCUT2D eigenvalue weighted by atomic mass is 16.3. The van der Waals surface area contributed by atoms with Crippen molar-refractivity contribution in [2.45, 2.75) is 18.3 Å². The summed E-state index contributed by atoms with van der Waals surface area (Å²) >= 11 is 0. The third kappa shape index (κ3) is 1.35. The number of rotatable bonds is 2. The second-order valence-corrected chi connectivity index (χ2v) is 4.50. The number of hydrogen-bond acceptors (Lipinski definition) is 1. The van der Waals surface area contributed by atoms with Crippen molar-refractivity contribution in [3.63, 3.8) is 0 Å². The molecule has 1 heteroatoms. The van der Waals surface area contributed by atoms with Crippen molar-refractivity contribution in [3.8, 4) is 0 Å². The Kier molecular flexibility index (Phi) is 1.83. The van der Waals surface area contributed by atoms with E-state index < -0.39 is 0 Å². The standard InChI is InChI=1S/C14H14O/c15-10-14(7-8-14)13-6-5-11-3-1-2-4-12(11)9-13/h1-6,9,15H,7-8,10H2. The van der Waals surface area contributed by atoms with Crippen LogP contribution in [0.3, 0.4) is 0 Å². The molecular weight excluding hydrogens is 184 g/mol. The van der Waals surface area contributed by atoms with E-state index in [-0.39, 0.29) is 12.0 Å². The highest BCUT2D eigenvalue weighted by molar-refractivity contribution is 5.83. The summed E-state index contributed by atoms with van der Waals surface area (Å²) in [6.45, 7) is 0.283. The van der Waals surface area contributed by atoms with E-state index in [2.05, 4.69) is 42.5 Å². The monoisotopic (exact) mass is 198 g/mol. The predicted octanol–water partition coefficient (Wildman–Crippen LogP) is 2.86. The number of hydrogen-bond donors (Lipinski definition) is 1. The van der Waals surface area contributed by atoms with Crippen LogP contribution in [0, 0.1) is 0 Å². The minimum Gasteiger partial charge on any atom is -0.395 e. The Morgan fingerprint density at radius 2 is 1.73 bits per heavy atom. The third-order valence-corrected chi connectivity index (χ3v) is 3.52. The lowest BCUT2D eigenvalue weighted by Crippen LogP contribution is -2.11. The molecule has 0 aliphatic heterocycles. The maximum Gasteiger partial charge on any atom is 0.0527 e. The second-order valence-electron chi connectivity index (χ2n) is 4.50. The lowest BCUT2D eigenvalue weighted by molar-refractivity contribution is 0.255. The van der Waals surface area contributed by atoms with Crippen molar-refractivity contribution in [3.05, 3.63) is 48.0 Å². The van der Waals surface area contributed by atoms with Crippen molar-refractivity contribution in [2.75, 3.05) is 6.61 Å². The maximum absolute atomic E-state index is 9.38. The van der Waals surface area contributed by atoms with Gasteiger partial charge in [-0.25, -0.2) is 0 Å². The molecule has 2 aromatic carbocycles. The minimum absolute atomic E-state index is 0.0873. The zero-order valence-corrected chi connectivity index (χ0v) is 8.61. The van der Waals surface area contributed by atoms with Crippen LogP contribution in [0.25, 0.3) is 10.8 Å². The van der Waals surface area contributed by atoms with Gasteiger partial charge in [0.05, 0.1) is 6.61 Å². The van der Waals surface area contributed by atoms with Gasteiger partial charge in [0.25, 0.3) is 0 Å². The second kappa shape index (κ2) is 3.07. The van der Waals surface area contributed by atoms with Crippen LogP contribution in [0.15, 0.2) is 42.5 Å². The molecule has 0 unspecified atom stereocenters. The topological polar surface area (TPSA) is 20.2 Å². The van der Waals surface area contributed by atoms with E-state index in [9.17, 15) is 5.11 Å². The summed E-state index contributed by atoms with van der Waals surface area (Å²) in [5.41, 5.74) is 1.38. The molecule has 1 N–H and O–H groups in total. The quantitative estimate of drug-likeness (QED) is 0.786. The molecule has 0 bridgehead atoms. The molecule has 0 radical (unpaired) electrons. The van der Waals surface area contributed by atoms with Crippen LogP contribution in [0.1, 0.15) is 18.4 Å². The molecule has 0 amide bonds.